The van der Waals surface area contributed by atoms with Crippen LogP contribution in [0.2, 0.25) is 0 Å². The van der Waals surface area contributed by atoms with Crippen LogP contribution >= 0.6 is 0 Å². The zero-order chi connectivity index (χ0) is 7.82. The van der Waals surface area contributed by atoms with Crippen molar-refractivity contribution < 1.29 is 12.6 Å². The Labute approximate surface area is 62.5 Å². The molecule has 0 unspecified atom stereocenters. The first-order valence-corrected chi connectivity index (χ1v) is 3.89. The van der Waals surface area contributed by atoms with Crippen molar-refractivity contribution in [2.24, 2.45) is 11.5 Å². The molecule has 4 N–H and O–H groups in total. The topological polar surface area (TPSA) is 87.6 Å². The zero-order valence-corrected chi connectivity index (χ0v) is 6.43. The third-order valence-corrected chi connectivity index (χ3v) is 1.31. The Morgan fingerprint density at radius 1 is 1.10 bits per heavy atom. The second-order valence-corrected chi connectivity index (χ2v) is 2.31. The molecule has 0 saturated heterocycles. The van der Waals surface area contributed by atoms with Crippen molar-refractivity contribution in [1.82, 2.24) is 0 Å². The molecule has 0 fully saturated rings. The molecule has 0 bridgehead atoms. The number of rotatable bonds is 6. The highest BCUT2D eigenvalue weighted by Crippen LogP contribution is 1.85. The molecule has 0 aliphatic carbocycles. The van der Waals surface area contributed by atoms with Crippen molar-refractivity contribution in [3.8, 4) is 0 Å². The fraction of sp³-hybridized carbons (Fsp3) is 1.00. The Balaban J connectivity index is 3.09. The van der Waals surface area contributed by atoms with E-state index in [0.717, 1.165) is 0 Å². The molecule has 0 aliphatic rings. The second kappa shape index (κ2) is 7.10. The van der Waals surface area contributed by atoms with E-state index in [-0.39, 0.29) is 13.2 Å². The molecule has 0 atom stereocenters. The van der Waals surface area contributed by atoms with Crippen LogP contribution in [0.15, 0.2) is 0 Å². The lowest BCUT2D eigenvalue weighted by Gasteiger charge is -1.99. The van der Waals surface area contributed by atoms with Crippen molar-refractivity contribution in [1.29, 1.82) is 0 Å². The van der Waals surface area contributed by atoms with Gasteiger partial charge in [0, 0.05) is 13.1 Å². The third kappa shape index (κ3) is 6.12. The predicted molar refractivity (Wildman–Crippen MR) is 38.2 cm³/mol. The molecule has 0 rings (SSSR count). The zero-order valence-electron chi connectivity index (χ0n) is 5.62. The Kier molecular flexibility index (Phi) is 7.09. The summed E-state index contributed by atoms with van der Waals surface area (Å²) in [4.78, 5) is 0. The van der Waals surface area contributed by atoms with E-state index in [0.29, 0.717) is 13.1 Å². The van der Waals surface area contributed by atoms with Crippen molar-refractivity contribution in [2.45, 2.75) is 0 Å². The molecule has 62 valence electrons. The van der Waals surface area contributed by atoms with Crippen molar-refractivity contribution in [2.75, 3.05) is 26.3 Å². The monoisotopic (exact) mass is 168 g/mol. The number of nitrogens with two attached hydrogens (primary N) is 2. The van der Waals surface area contributed by atoms with E-state index in [4.69, 9.17) is 11.5 Å². The smallest absolute Gasteiger partial charge is 0.304 e. The van der Waals surface area contributed by atoms with E-state index in [2.05, 4.69) is 8.37 Å². The van der Waals surface area contributed by atoms with Gasteiger partial charge in [-0.15, -0.1) is 0 Å². The fourth-order valence-corrected chi connectivity index (χ4v) is 0.799. The van der Waals surface area contributed by atoms with Gasteiger partial charge in [-0.2, -0.15) is 4.21 Å². The van der Waals surface area contributed by atoms with E-state index in [9.17, 15) is 4.21 Å². The van der Waals surface area contributed by atoms with E-state index in [1.807, 2.05) is 0 Å². The molecule has 0 radical (unpaired) electrons. The number of hydrogen-bond donors (Lipinski definition) is 2. The SMILES string of the molecule is NCCOS(=O)OCCN. The van der Waals surface area contributed by atoms with Crippen LogP contribution in [0.3, 0.4) is 0 Å². The average Bonchev–Trinajstić information content (AvgIpc) is 1.97. The van der Waals surface area contributed by atoms with Gasteiger partial charge in [0.05, 0.1) is 13.2 Å². The molecule has 6 heteroatoms. The maximum absolute atomic E-state index is 10.5. The Morgan fingerprint density at radius 2 is 1.50 bits per heavy atom. The number of hydrogen-bond acceptors (Lipinski definition) is 5. The summed E-state index contributed by atoms with van der Waals surface area (Å²) in [6.07, 6.45) is 0. The minimum absolute atomic E-state index is 0.233. The van der Waals surface area contributed by atoms with Crippen molar-refractivity contribution in [3.63, 3.8) is 0 Å². The van der Waals surface area contributed by atoms with Crippen LogP contribution in [0, 0.1) is 0 Å². The van der Waals surface area contributed by atoms with Crippen LogP contribution in [0.1, 0.15) is 0 Å². The molecule has 0 heterocycles. The van der Waals surface area contributed by atoms with E-state index in [1.165, 1.54) is 0 Å². The summed E-state index contributed by atoms with van der Waals surface area (Å²) >= 11 is -1.68. The first-order chi connectivity index (χ1) is 4.81. The van der Waals surface area contributed by atoms with Crippen LogP contribution < -0.4 is 11.5 Å². The van der Waals surface area contributed by atoms with Gasteiger partial charge in [0.2, 0.25) is 0 Å². The highest BCUT2D eigenvalue weighted by molar-refractivity contribution is 7.75. The van der Waals surface area contributed by atoms with Gasteiger partial charge < -0.3 is 11.5 Å². The fourth-order valence-electron chi connectivity index (χ4n) is 0.266. The Hall–Kier alpha value is -0.0100. The summed E-state index contributed by atoms with van der Waals surface area (Å²) in [5.74, 6) is 0. The van der Waals surface area contributed by atoms with Gasteiger partial charge in [-0.3, -0.25) is 8.37 Å². The van der Waals surface area contributed by atoms with Crippen LogP contribution in [-0.4, -0.2) is 30.5 Å². The van der Waals surface area contributed by atoms with Gasteiger partial charge in [-0.1, -0.05) is 0 Å². The molecule has 0 saturated carbocycles. The minimum Gasteiger partial charge on any atom is -0.328 e. The highest BCUT2D eigenvalue weighted by atomic mass is 32.2. The Morgan fingerprint density at radius 3 is 1.80 bits per heavy atom. The second-order valence-electron chi connectivity index (χ2n) is 1.43. The van der Waals surface area contributed by atoms with Crippen molar-refractivity contribution >= 4 is 11.4 Å². The first-order valence-electron chi connectivity index (χ1n) is 2.89. The molecule has 0 amide bonds. The van der Waals surface area contributed by atoms with Gasteiger partial charge in [0.15, 0.2) is 0 Å². The normalized spacial score (nSPS) is 10.7. The lowest BCUT2D eigenvalue weighted by Crippen LogP contribution is -2.14. The summed E-state index contributed by atoms with van der Waals surface area (Å²) < 4.78 is 19.6. The summed E-state index contributed by atoms with van der Waals surface area (Å²) in [5.41, 5.74) is 10.1. The first kappa shape index (κ1) is 9.99. The summed E-state index contributed by atoms with van der Waals surface area (Å²) in [5, 5.41) is 0. The van der Waals surface area contributed by atoms with E-state index >= 15 is 0 Å². The lowest BCUT2D eigenvalue weighted by atomic mass is 10.8. The lowest BCUT2D eigenvalue weighted by molar-refractivity contribution is 0.259. The van der Waals surface area contributed by atoms with Gasteiger partial charge in [0.1, 0.15) is 0 Å². The summed E-state index contributed by atoms with van der Waals surface area (Å²) in [6.45, 7) is 1.13. The maximum atomic E-state index is 10.5. The van der Waals surface area contributed by atoms with E-state index in [1.54, 1.807) is 0 Å². The van der Waals surface area contributed by atoms with Crippen LogP contribution in [-0.2, 0) is 19.7 Å². The molecular formula is C4H12N2O3S. The summed E-state index contributed by atoms with van der Waals surface area (Å²) in [6, 6.07) is 0. The Bertz CT molecular complexity index is 90.5. The van der Waals surface area contributed by atoms with E-state index < -0.39 is 11.4 Å². The maximum Gasteiger partial charge on any atom is 0.304 e. The molecule has 0 aromatic rings. The van der Waals surface area contributed by atoms with Crippen LogP contribution in [0.4, 0.5) is 0 Å². The molecule has 0 aromatic heterocycles. The predicted octanol–water partition coefficient (Wildman–Crippen LogP) is -1.48. The summed E-state index contributed by atoms with van der Waals surface area (Å²) in [7, 11) is 0. The molecule has 0 aliphatic heterocycles. The van der Waals surface area contributed by atoms with Crippen LogP contribution in [0.25, 0.3) is 0 Å². The van der Waals surface area contributed by atoms with Crippen LogP contribution in [0.5, 0.6) is 0 Å². The molecule has 5 nitrogen and oxygen atoms in total. The molecular weight excluding hydrogens is 156 g/mol. The van der Waals surface area contributed by atoms with Gasteiger partial charge in [-0.05, 0) is 0 Å². The molecule has 0 aromatic carbocycles. The largest absolute Gasteiger partial charge is 0.328 e. The quantitative estimate of drug-likeness (QED) is 0.505. The molecule has 10 heavy (non-hydrogen) atoms. The third-order valence-electron chi connectivity index (χ3n) is 0.595. The van der Waals surface area contributed by atoms with Crippen molar-refractivity contribution in [3.05, 3.63) is 0 Å². The molecule has 0 spiro atoms. The van der Waals surface area contributed by atoms with Gasteiger partial charge in [0.25, 0.3) is 0 Å². The van der Waals surface area contributed by atoms with Gasteiger partial charge in [-0.25, -0.2) is 0 Å². The van der Waals surface area contributed by atoms with Gasteiger partial charge >= 0.3 is 11.4 Å². The average molecular weight is 168 g/mol. The standard InChI is InChI=1S/C4H12N2O3S/c5-1-3-8-10(7)9-4-2-6/h1-6H2. The minimum atomic E-state index is -1.68. The highest BCUT2D eigenvalue weighted by Gasteiger charge is 1.96.